The average Bonchev–Trinajstić information content (AvgIpc) is 3.04. The van der Waals surface area contributed by atoms with E-state index in [1.165, 1.54) is 11.3 Å². The maximum Gasteiger partial charge on any atom is 0.257 e. The van der Waals surface area contributed by atoms with Crippen LogP contribution in [0.1, 0.15) is 15.9 Å². The zero-order valence-corrected chi connectivity index (χ0v) is 12.3. The molecule has 3 aromatic rings. The fourth-order valence-corrected chi connectivity index (χ4v) is 2.75. The van der Waals surface area contributed by atoms with E-state index in [9.17, 15) is 4.79 Å². The van der Waals surface area contributed by atoms with Gasteiger partial charge in [-0.3, -0.25) is 10.1 Å². The fraction of sp³-hybridized carbons (Fsp3) is 0. The van der Waals surface area contributed by atoms with E-state index in [0.29, 0.717) is 16.3 Å². The number of carbonyl (C=O) groups excluding carboxylic acids is 1. The molecule has 1 aromatic heterocycles. The van der Waals surface area contributed by atoms with Gasteiger partial charge in [-0.25, -0.2) is 4.98 Å². The van der Waals surface area contributed by atoms with Crippen molar-refractivity contribution in [2.24, 2.45) is 0 Å². The topological polar surface area (TPSA) is 65.8 Å². The summed E-state index contributed by atoms with van der Waals surface area (Å²) in [5.41, 5.74) is 2.09. The van der Waals surface area contributed by atoms with Crippen molar-refractivity contribution >= 4 is 22.4 Å². The van der Waals surface area contributed by atoms with Crippen LogP contribution in [-0.4, -0.2) is 10.9 Å². The maximum absolute atomic E-state index is 12.1. The van der Waals surface area contributed by atoms with E-state index < -0.39 is 0 Å². The van der Waals surface area contributed by atoms with Gasteiger partial charge in [0.1, 0.15) is 0 Å². The van der Waals surface area contributed by atoms with Gasteiger partial charge in [0.05, 0.1) is 16.5 Å². The smallest absolute Gasteiger partial charge is 0.257 e. The summed E-state index contributed by atoms with van der Waals surface area (Å²) < 4.78 is 0. The molecule has 0 aliphatic carbocycles. The van der Waals surface area contributed by atoms with E-state index in [0.717, 1.165) is 10.4 Å². The molecule has 0 aliphatic heterocycles. The van der Waals surface area contributed by atoms with Gasteiger partial charge < -0.3 is 0 Å². The molecule has 4 nitrogen and oxygen atoms in total. The van der Waals surface area contributed by atoms with Gasteiger partial charge in [0.15, 0.2) is 5.13 Å². The van der Waals surface area contributed by atoms with E-state index >= 15 is 0 Å². The van der Waals surface area contributed by atoms with Gasteiger partial charge in [0.25, 0.3) is 5.91 Å². The predicted octanol–water partition coefficient (Wildman–Crippen LogP) is 3.93. The highest BCUT2D eigenvalue weighted by Gasteiger charge is 2.09. The number of anilines is 1. The van der Waals surface area contributed by atoms with Crippen LogP contribution in [-0.2, 0) is 0 Å². The van der Waals surface area contributed by atoms with E-state index in [1.807, 2.05) is 36.4 Å². The third-order valence-electron chi connectivity index (χ3n) is 3.06. The quantitative estimate of drug-likeness (QED) is 0.797. The van der Waals surface area contributed by atoms with Crippen LogP contribution in [0.15, 0.2) is 60.8 Å². The van der Waals surface area contributed by atoms with Crippen molar-refractivity contribution in [2.75, 3.05) is 5.32 Å². The van der Waals surface area contributed by atoms with Crippen molar-refractivity contribution in [3.8, 4) is 16.5 Å². The molecule has 0 aliphatic rings. The third kappa shape index (κ3) is 3.03. The van der Waals surface area contributed by atoms with Crippen molar-refractivity contribution in [1.29, 1.82) is 5.26 Å². The summed E-state index contributed by atoms with van der Waals surface area (Å²) in [5, 5.41) is 12.1. The van der Waals surface area contributed by atoms with E-state index in [1.54, 1.807) is 30.5 Å². The molecule has 0 atom stereocenters. The summed E-state index contributed by atoms with van der Waals surface area (Å²) in [4.78, 5) is 17.4. The number of carbonyl (C=O) groups is 1. The Morgan fingerprint density at radius 1 is 1.09 bits per heavy atom. The Labute approximate surface area is 131 Å². The van der Waals surface area contributed by atoms with Crippen LogP contribution in [0.25, 0.3) is 10.4 Å². The molecule has 0 radical (unpaired) electrons. The van der Waals surface area contributed by atoms with Gasteiger partial charge in [-0.15, -0.1) is 0 Å². The summed E-state index contributed by atoms with van der Waals surface area (Å²) in [5.74, 6) is -0.238. The van der Waals surface area contributed by atoms with Crippen molar-refractivity contribution in [1.82, 2.24) is 4.98 Å². The Kier molecular flexibility index (Phi) is 3.95. The molecule has 5 heteroatoms. The summed E-state index contributed by atoms with van der Waals surface area (Å²) in [7, 11) is 0. The first-order valence-electron chi connectivity index (χ1n) is 6.59. The minimum atomic E-state index is -0.238. The maximum atomic E-state index is 12.1. The van der Waals surface area contributed by atoms with E-state index in [-0.39, 0.29) is 5.91 Å². The number of nitrogens with zero attached hydrogens (tertiary/aromatic N) is 2. The first-order valence-corrected chi connectivity index (χ1v) is 7.41. The number of amides is 1. The van der Waals surface area contributed by atoms with Crippen LogP contribution in [0, 0.1) is 11.3 Å². The number of thiazole rings is 1. The molecule has 1 amide bonds. The van der Waals surface area contributed by atoms with Crippen LogP contribution in [0.4, 0.5) is 5.13 Å². The summed E-state index contributed by atoms with van der Waals surface area (Å²) >= 11 is 1.42. The molecule has 3 rings (SSSR count). The van der Waals surface area contributed by atoms with Gasteiger partial charge in [-0.2, -0.15) is 5.26 Å². The minimum Gasteiger partial charge on any atom is -0.298 e. The van der Waals surface area contributed by atoms with Crippen LogP contribution in [0.2, 0.25) is 0 Å². The van der Waals surface area contributed by atoms with Crippen molar-refractivity contribution in [2.45, 2.75) is 0 Å². The highest BCUT2D eigenvalue weighted by molar-refractivity contribution is 7.19. The lowest BCUT2D eigenvalue weighted by atomic mass is 10.1. The zero-order chi connectivity index (χ0) is 15.4. The Balaban J connectivity index is 1.74. The average molecular weight is 305 g/mol. The van der Waals surface area contributed by atoms with Crippen molar-refractivity contribution < 1.29 is 4.79 Å². The lowest BCUT2D eigenvalue weighted by Gasteiger charge is -2.01. The molecule has 1 heterocycles. The van der Waals surface area contributed by atoms with Crippen molar-refractivity contribution in [3.63, 3.8) is 0 Å². The fourth-order valence-electron chi connectivity index (χ4n) is 1.93. The number of nitriles is 1. The van der Waals surface area contributed by atoms with E-state index in [4.69, 9.17) is 5.26 Å². The molecule has 0 saturated heterocycles. The first kappa shape index (κ1) is 14.0. The minimum absolute atomic E-state index is 0.238. The molecule has 0 saturated carbocycles. The zero-order valence-electron chi connectivity index (χ0n) is 11.5. The predicted molar refractivity (Wildman–Crippen MR) is 86.7 cm³/mol. The van der Waals surface area contributed by atoms with Gasteiger partial charge in [0.2, 0.25) is 0 Å². The molecule has 0 spiro atoms. The Morgan fingerprint density at radius 2 is 1.82 bits per heavy atom. The molecule has 0 fully saturated rings. The van der Waals surface area contributed by atoms with Crippen LogP contribution in [0.5, 0.6) is 0 Å². The molecule has 0 unspecified atom stereocenters. The number of hydrogen-bond acceptors (Lipinski definition) is 4. The van der Waals surface area contributed by atoms with Crippen LogP contribution in [0.3, 0.4) is 0 Å². The Hall–Kier alpha value is -2.97. The Morgan fingerprint density at radius 3 is 2.50 bits per heavy atom. The normalized spacial score (nSPS) is 9.95. The lowest BCUT2D eigenvalue weighted by molar-refractivity contribution is 0.102. The SMILES string of the molecule is N#Cc1ccc(C(=O)Nc2ncc(-c3ccccc3)s2)cc1. The van der Waals surface area contributed by atoms with E-state index in [2.05, 4.69) is 10.3 Å². The molecule has 106 valence electrons. The second-order valence-electron chi connectivity index (χ2n) is 4.54. The number of nitrogens with one attached hydrogen (secondary N) is 1. The molecular weight excluding hydrogens is 294 g/mol. The highest BCUT2D eigenvalue weighted by Crippen LogP contribution is 2.28. The van der Waals surface area contributed by atoms with Crippen LogP contribution < -0.4 is 5.32 Å². The summed E-state index contributed by atoms with van der Waals surface area (Å²) in [6.45, 7) is 0. The molecule has 0 bridgehead atoms. The van der Waals surface area contributed by atoms with Gasteiger partial charge in [-0.1, -0.05) is 41.7 Å². The molecule has 2 aromatic carbocycles. The molecule has 22 heavy (non-hydrogen) atoms. The second-order valence-corrected chi connectivity index (χ2v) is 5.57. The monoisotopic (exact) mass is 305 g/mol. The van der Waals surface area contributed by atoms with Crippen molar-refractivity contribution in [3.05, 3.63) is 71.9 Å². The second kappa shape index (κ2) is 6.20. The highest BCUT2D eigenvalue weighted by atomic mass is 32.1. The number of hydrogen-bond donors (Lipinski definition) is 1. The standard InChI is InChI=1S/C17H11N3OS/c18-10-12-6-8-14(9-7-12)16(21)20-17-19-11-15(22-17)13-4-2-1-3-5-13/h1-9,11H,(H,19,20,21). The molecular formula is C17H11N3OS. The summed E-state index contributed by atoms with van der Waals surface area (Å²) in [6, 6.07) is 18.4. The third-order valence-corrected chi connectivity index (χ3v) is 4.02. The van der Waals surface area contributed by atoms with Gasteiger partial charge in [-0.05, 0) is 29.8 Å². The van der Waals surface area contributed by atoms with Gasteiger partial charge >= 0.3 is 0 Å². The lowest BCUT2D eigenvalue weighted by Crippen LogP contribution is -2.11. The molecule has 1 N–H and O–H groups in total. The largest absolute Gasteiger partial charge is 0.298 e. The van der Waals surface area contributed by atoms with Crippen LogP contribution >= 0.6 is 11.3 Å². The first-order chi connectivity index (χ1) is 10.8. The number of benzene rings is 2. The summed E-state index contributed by atoms with van der Waals surface area (Å²) in [6.07, 6.45) is 1.74. The number of aromatic nitrogens is 1. The number of rotatable bonds is 3. The van der Waals surface area contributed by atoms with Gasteiger partial charge in [0, 0.05) is 11.8 Å². The Bertz CT molecular complexity index is 832.